The van der Waals surface area contributed by atoms with Crippen LogP contribution in [-0.2, 0) is 18.8 Å². The predicted molar refractivity (Wildman–Crippen MR) is 42.3 cm³/mol. The molecule has 0 aromatic rings. The van der Waals surface area contributed by atoms with Crippen LogP contribution in [0.15, 0.2) is 0 Å². The van der Waals surface area contributed by atoms with Crippen molar-refractivity contribution in [3.63, 3.8) is 0 Å². The lowest BCUT2D eigenvalue weighted by Gasteiger charge is -1.91. The van der Waals surface area contributed by atoms with Crippen LogP contribution in [0.1, 0.15) is 13.3 Å². The smallest absolute Gasteiger partial charge is 0.330 e. The molecule has 0 aromatic carbocycles. The standard InChI is InChI=1S/C3H9N.C2H6O4S/c1-2-3-4;1-5-7(3,4)6-2/h2-4H2,1H3;1-2H3. The minimum Gasteiger partial charge on any atom is -0.330 e. The van der Waals surface area contributed by atoms with Gasteiger partial charge in [-0.05, 0) is 13.0 Å². The van der Waals surface area contributed by atoms with Gasteiger partial charge >= 0.3 is 10.4 Å². The summed E-state index contributed by atoms with van der Waals surface area (Å²) in [5, 5.41) is 0. The first-order valence-corrected chi connectivity index (χ1v) is 4.43. The molecule has 6 heteroatoms. The summed E-state index contributed by atoms with van der Waals surface area (Å²) in [4.78, 5) is 0. The molecule has 0 aliphatic rings. The van der Waals surface area contributed by atoms with Gasteiger partial charge in [-0.25, -0.2) is 0 Å². The Bertz CT molecular complexity index is 142. The quantitative estimate of drug-likeness (QED) is 0.663. The Morgan fingerprint density at radius 3 is 1.55 bits per heavy atom. The highest BCUT2D eigenvalue weighted by Crippen LogP contribution is 1.85. The number of nitrogens with two attached hydrogens (primary N) is 1. The Morgan fingerprint density at radius 2 is 1.55 bits per heavy atom. The van der Waals surface area contributed by atoms with Crippen molar-refractivity contribution in [1.82, 2.24) is 0 Å². The third-order valence-electron chi connectivity index (χ3n) is 0.697. The molecule has 0 amide bonds. The average molecular weight is 185 g/mol. The van der Waals surface area contributed by atoms with Crippen LogP contribution < -0.4 is 5.73 Å². The van der Waals surface area contributed by atoms with Crippen LogP contribution in [0.4, 0.5) is 0 Å². The highest BCUT2D eigenvalue weighted by molar-refractivity contribution is 7.81. The van der Waals surface area contributed by atoms with Gasteiger partial charge in [0.1, 0.15) is 0 Å². The largest absolute Gasteiger partial charge is 0.399 e. The Labute approximate surface area is 67.8 Å². The van der Waals surface area contributed by atoms with Crippen molar-refractivity contribution in [2.45, 2.75) is 13.3 Å². The highest BCUT2D eigenvalue weighted by atomic mass is 32.3. The van der Waals surface area contributed by atoms with Crippen molar-refractivity contribution in [3.8, 4) is 0 Å². The average Bonchev–Trinajstić information content (AvgIpc) is 2.05. The normalized spacial score (nSPS) is 10.2. The fourth-order valence-electron chi connectivity index (χ4n) is 0.0680. The van der Waals surface area contributed by atoms with Crippen molar-refractivity contribution in [2.24, 2.45) is 5.73 Å². The highest BCUT2D eigenvalue weighted by Gasteiger charge is 2.01. The van der Waals surface area contributed by atoms with Crippen molar-refractivity contribution in [2.75, 3.05) is 20.8 Å². The van der Waals surface area contributed by atoms with Crippen LogP contribution in [-0.4, -0.2) is 29.2 Å². The summed E-state index contributed by atoms with van der Waals surface area (Å²) in [7, 11) is -1.60. The van der Waals surface area contributed by atoms with E-state index in [1.165, 1.54) is 0 Å². The van der Waals surface area contributed by atoms with Crippen LogP contribution in [0.5, 0.6) is 0 Å². The molecule has 0 saturated heterocycles. The Hall–Kier alpha value is -0.170. The van der Waals surface area contributed by atoms with Gasteiger partial charge in [0.25, 0.3) is 0 Å². The van der Waals surface area contributed by atoms with Gasteiger partial charge in [-0.1, -0.05) is 6.92 Å². The fourth-order valence-corrected chi connectivity index (χ4v) is 0.204. The molecule has 11 heavy (non-hydrogen) atoms. The first-order chi connectivity index (χ1) is 5.04. The van der Waals surface area contributed by atoms with Crippen molar-refractivity contribution in [1.29, 1.82) is 0 Å². The molecular formula is C5H15NO4S. The third kappa shape index (κ3) is 12.9. The van der Waals surface area contributed by atoms with Crippen LogP contribution in [0.25, 0.3) is 0 Å². The van der Waals surface area contributed by atoms with E-state index in [0.717, 1.165) is 27.2 Å². The minimum atomic E-state index is -3.66. The summed E-state index contributed by atoms with van der Waals surface area (Å²) in [6, 6.07) is 0. The Balaban J connectivity index is 0. The molecular weight excluding hydrogens is 170 g/mol. The lowest BCUT2D eigenvalue weighted by atomic mass is 10.5. The summed E-state index contributed by atoms with van der Waals surface area (Å²) in [6.07, 6.45) is 1.10. The maximum absolute atomic E-state index is 9.92. The second-order valence-electron chi connectivity index (χ2n) is 1.53. The zero-order valence-electron chi connectivity index (χ0n) is 7.03. The zero-order valence-corrected chi connectivity index (χ0v) is 7.85. The molecule has 0 spiro atoms. The summed E-state index contributed by atoms with van der Waals surface area (Å²) in [5.74, 6) is 0. The van der Waals surface area contributed by atoms with E-state index in [2.05, 4.69) is 15.3 Å². The Kier molecular flexibility index (Phi) is 9.68. The van der Waals surface area contributed by atoms with E-state index in [0.29, 0.717) is 0 Å². The van der Waals surface area contributed by atoms with E-state index < -0.39 is 10.4 Å². The van der Waals surface area contributed by atoms with Gasteiger partial charge in [0, 0.05) is 0 Å². The molecule has 0 radical (unpaired) electrons. The molecule has 0 aromatic heterocycles. The van der Waals surface area contributed by atoms with E-state index >= 15 is 0 Å². The minimum absolute atomic E-state index is 0.819. The second-order valence-corrected chi connectivity index (χ2v) is 3.01. The predicted octanol–water partition coefficient (Wildman–Crippen LogP) is -0.121. The van der Waals surface area contributed by atoms with E-state index in [4.69, 9.17) is 5.73 Å². The van der Waals surface area contributed by atoms with E-state index in [1.807, 2.05) is 0 Å². The van der Waals surface area contributed by atoms with E-state index in [9.17, 15) is 8.42 Å². The molecule has 0 saturated carbocycles. The number of rotatable bonds is 3. The van der Waals surface area contributed by atoms with E-state index in [-0.39, 0.29) is 0 Å². The molecule has 0 atom stereocenters. The number of hydrogen-bond acceptors (Lipinski definition) is 5. The Morgan fingerprint density at radius 1 is 1.27 bits per heavy atom. The van der Waals surface area contributed by atoms with Gasteiger partial charge in [-0.2, -0.15) is 8.42 Å². The van der Waals surface area contributed by atoms with Crippen molar-refractivity contribution in [3.05, 3.63) is 0 Å². The number of hydrogen-bond donors (Lipinski definition) is 1. The summed E-state index contributed by atoms with van der Waals surface area (Å²) >= 11 is 0. The first-order valence-electron chi connectivity index (χ1n) is 3.10. The lowest BCUT2D eigenvalue weighted by molar-refractivity contribution is 0.286. The van der Waals surface area contributed by atoms with Gasteiger partial charge in [0.15, 0.2) is 0 Å². The maximum Gasteiger partial charge on any atom is 0.399 e. The van der Waals surface area contributed by atoms with Gasteiger partial charge < -0.3 is 5.73 Å². The molecule has 70 valence electrons. The first kappa shape index (κ1) is 13.4. The SMILES string of the molecule is CCCN.COS(=O)(=O)OC. The van der Waals surface area contributed by atoms with E-state index in [1.54, 1.807) is 0 Å². The van der Waals surface area contributed by atoms with Crippen molar-refractivity contribution >= 4 is 10.4 Å². The van der Waals surface area contributed by atoms with Crippen molar-refractivity contribution < 1.29 is 16.8 Å². The van der Waals surface area contributed by atoms with Crippen LogP contribution >= 0.6 is 0 Å². The topological polar surface area (TPSA) is 78.6 Å². The molecule has 0 heterocycles. The van der Waals surface area contributed by atoms with Crippen LogP contribution in [0, 0.1) is 0 Å². The maximum atomic E-state index is 9.92. The summed E-state index contributed by atoms with van der Waals surface area (Å²) < 4.78 is 27.5. The van der Waals surface area contributed by atoms with Gasteiger partial charge in [-0.3, -0.25) is 8.37 Å². The monoisotopic (exact) mass is 185 g/mol. The zero-order chi connectivity index (χ0) is 9.33. The summed E-state index contributed by atoms with van der Waals surface area (Å²) in [5.41, 5.74) is 5.03. The fraction of sp³-hybridized carbons (Fsp3) is 1.00. The van der Waals surface area contributed by atoms with Gasteiger partial charge in [0.2, 0.25) is 0 Å². The van der Waals surface area contributed by atoms with Gasteiger partial charge in [-0.15, -0.1) is 0 Å². The lowest BCUT2D eigenvalue weighted by Crippen LogP contribution is -2.02. The molecule has 2 N–H and O–H groups in total. The third-order valence-corrected chi connectivity index (χ3v) is 1.51. The van der Waals surface area contributed by atoms with Crippen LogP contribution in [0.2, 0.25) is 0 Å². The van der Waals surface area contributed by atoms with Gasteiger partial charge in [0.05, 0.1) is 14.2 Å². The molecule has 0 aliphatic heterocycles. The molecule has 0 rings (SSSR count). The second kappa shape index (κ2) is 7.93. The molecule has 0 bridgehead atoms. The molecule has 0 unspecified atom stereocenters. The van der Waals surface area contributed by atoms with Crippen LogP contribution in [0.3, 0.4) is 0 Å². The molecule has 0 aliphatic carbocycles. The molecule has 0 fully saturated rings. The molecule has 5 nitrogen and oxygen atoms in total. The summed E-state index contributed by atoms with van der Waals surface area (Å²) in [6.45, 7) is 2.88.